The Morgan fingerprint density at radius 1 is 0.511 bits per heavy atom. The van der Waals surface area contributed by atoms with Gasteiger partial charge in [-0.2, -0.15) is 0 Å². The first-order chi connectivity index (χ1) is 21.9. The van der Waals surface area contributed by atoms with Crippen LogP contribution in [0.15, 0.2) is 152 Å². The first kappa shape index (κ1) is 32.7. The Bertz CT molecular complexity index is 1610. The van der Waals surface area contributed by atoms with Crippen molar-refractivity contribution in [2.24, 2.45) is 0 Å². The lowest BCUT2D eigenvalue weighted by atomic mass is 10.1. The zero-order chi connectivity index (χ0) is 31.7. The van der Waals surface area contributed by atoms with Gasteiger partial charge in [0.05, 0.1) is 6.04 Å². The van der Waals surface area contributed by atoms with E-state index in [-0.39, 0.29) is 6.04 Å². The van der Waals surface area contributed by atoms with Crippen molar-refractivity contribution in [2.75, 3.05) is 6.61 Å². The van der Waals surface area contributed by atoms with Crippen LogP contribution in [0.2, 0.25) is 0 Å². The zero-order valence-electron chi connectivity index (χ0n) is 26.7. The highest BCUT2D eigenvalue weighted by Gasteiger charge is 2.04. The quantitative estimate of drug-likeness (QED) is 0.193. The predicted octanol–water partition coefficient (Wildman–Crippen LogP) is 10.1. The SMILES string of the molecule is Cc1ccc(OCC2C=CC=CN2)cc1.Cc1ccc(OCc2cccc(C)c2)cc1.Cc1ccc(Oc2ccccc2)cc1. The highest BCUT2D eigenvalue weighted by atomic mass is 16.5. The van der Waals surface area contributed by atoms with Gasteiger partial charge in [-0.3, -0.25) is 0 Å². The van der Waals surface area contributed by atoms with Crippen LogP contribution in [0.4, 0.5) is 0 Å². The van der Waals surface area contributed by atoms with Crippen LogP contribution in [0.1, 0.15) is 27.8 Å². The van der Waals surface area contributed by atoms with Crippen molar-refractivity contribution in [1.29, 1.82) is 0 Å². The van der Waals surface area contributed by atoms with Crippen molar-refractivity contribution >= 4 is 0 Å². The summed E-state index contributed by atoms with van der Waals surface area (Å²) in [6.45, 7) is 9.58. The second-order valence-corrected chi connectivity index (χ2v) is 11.0. The smallest absolute Gasteiger partial charge is 0.127 e. The van der Waals surface area contributed by atoms with Gasteiger partial charge in [0.2, 0.25) is 0 Å². The van der Waals surface area contributed by atoms with E-state index in [4.69, 9.17) is 14.2 Å². The van der Waals surface area contributed by atoms with Crippen LogP contribution in [0.3, 0.4) is 0 Å². The van der Waals surface area contributed by atoms with Crippen LogP contribution in [0, 0.1) is 27.7 Å². The van der Waals surface area contributed by atoms with Gasteiger partial charge in [0, 0.05) is 0 Å². The van der Waals surface area contributed by atoms with Crippen LogP contribution in [0.5, 0.6) is 23.0 Å². The number of rotatable bonds is 8. The number of para-hydroxylation sites is 1. The molecular weight excluding hydrogens is 554 g/mol. The fourth-order valence-electron chi connectivity index (χ4n) is 4.25. The van der Waals surface area contributed by atoms with Crippen molar-refractivity contribution in [3.05, 3.63) is 180 Å². The molecule has 0 aliphatic carbocycles. The van der Waals surface area contributed by atoms with E-state index < -0.39 is 0 Å². The number of allylic oxidation sites excluding steroid dienone is 2. The number of hydrogen-bond donors (Lipinski definition) is 1. The fraction of sp³-hybridized carbons (Fsp3) is 0.171. The van der Waals surface area contributed by atoms with Crippen molar-refractivity contribution < 1.29 is 14.2 Å². The van der Waals surface area contributed by atoms with Gasteiger partial charge in [-0.05, 0) is 94.1 Å². The number of aryl methyl sites for hydroxylation is 4. The molecule has 1 aliphatic heterocycles. The average Bonchev–Trinajstić information content (AvgIpc) is 3.07. The van der Waals surface area contributed by atoms with Crippen molar-refractivity contribution in [3.63, 3.8) is 0 Å². The third-order valence-electron chi connectivity index (χ3n) is 6.82. The summed E-state index contributed by atoms with van der Waals surface area (Å²) in [4.78, 5) is 0. The van der Waals surface area contributed by atoms with Crippen molar-refractivity contribution in [2.45, 2.75) is 40.3 Å². The highest BCUT2D eigenvalue weighted by Crippen LogP contribution is 2.20. The molecule has 4 nitrogen and oxygen atoms in total. The van der Waals surface area contributed by atoms with Gasteiger partial charge in [0.1, 0.15) is 36.2 Å². The van der Waals surface area contributed by atoms with Gasteiger partial charge in [-0.1, -0.05) is 113 Å². The molecule has 0 saturated heterocycles. The summed E-state index contributed by atoms with van der Waals surface area (Å²) in [5.74, 6) is 3.59. The lowest BCUT2D eigenvalue weighted by Gasteiger charge is -2.16. The highest BCUT2D eigenvalue weighted by molar-refractivity contribution is 5.33. The molecule has 6 rings (SSSR count). The Balaban J connectivity index is 0.000000154. The standard InChI is InChI=1S/C15H16O.C13H15NO.C13H12O/c1-12-6-8-15(9-7-12)16-11-14-5-3-4-13(2)10-14;1-11-5-7-13(8-6-11)15-10-12-4-2-3-9-14-12;1-11-7-9-13(10-8-11)14-12-5-3-2-4-6-12/h3-10H,11H2,1-2H3;2-9,12,14H,10H2,1H3;2-10H,1H3. The van der Waals surface area contributed by atoms with Gasteiger partial charge in [0.25, 0.3) is 0 Å². The molecule has 4 heteroatoms. The fourth-order valence-corrected chi connectivity index (χ4v) is 4.25. The Kier molecular flexibility index (Phi) is 12.9. The maximum absolute atomic E-state index is 5.70. The maximum atomic E-state index is 5.70. The molecule has 5 aromatic rings. The monoisotopic (exact) mass is 597 g/mol. The number of nitrogens with one attached hydrogen (secondary N) is 1. The first-order valence-electron chi connectivity index (χ1n) is 15.3. The second-order valence-electron chi connectivity index (χ2n) is 11.0. The molecule has 1 atom stereocenters. The third-order valence-corrected chi connectivity index (χ3v) is 6.82. The van der Waals surface area contributed by atoms with Gasteiger partial charge in [-0.15, -0.1) is 0 Å². The number of benzene rings is 5. The topological polar surface area (TPSA) is 39.7 Å². The van der Waals surface area contributed by atoms with E-state index in [2.05, 4.69) is 87.6 Å². The minimum atomic E-state index is 0.274. The maximum Gasteiger partial charge on any atom is 0.127 e. The summed E-state index contributed by atoms with van der Waals surface area (Å²) in [6.07, 6.45) is 8.03. The molecule has 0 spiro atoms. The summed E-state index contributed by atoms with van der Waals surface area (Å²) in [6, 6.07) is 42.7. The first-order valence-corrected chi connectivity index (χ1v) is 15.3. The van der Waals surface area contributed by atoms with Gasteiger partial charge in [-0.25, -0.2) is 0 Å². The van der Waals surface area contributed by atoms with E-state index in [0.717, 1.165) is 23.0 Å². The Morgan fingerprint density at radius 2 is 1.07 bits per heavy atom. The summed E-state index contributed by atoms with van der Waals surface area (Å²) in [5.41, 5.74) is 6.22. The van der Waals surface area contributed by atoms with Crippen LogP contribution in [-0.2, 0) is 6.61 Å². The molecule has 0 amide bonds. The van der Waals surface area contributed by atoms with Crippen molar-refractivity contribution in [1.82, 2.24) is 5.32 Å². The molecule has 1 unspecified atom stereocenters. The minimum absolute atomic E-state index is 0.274. The van der Waals surface area contributed by atoms with E-state index in [9.17, 15) is 0 Å². The van der Waals surface area contributed by atoms with Crippen LogP contribution in [-0.4, -0.2) is 12.6 Å². The molecule has 0 fully saturated rings. The van der Waals surface area contributed by atoms with Crippen LogP contribution in [0.25, 0.3) is 0 Å². The molecule has 45 heavy (non-hydrogen) atoms. The van der Waals surface area contributed by atoms with E-state index in [1.807, 2.05) is 97.2 Å². The summed E-state index contributed by atoms with van der Waals surface area (Å²) in [5, 5.41) is 3.21. The summed E-state index contributed by atoms with van der Waals surface area (Å²) < 4.78 is 17.0. The molecule has 5 aromatic carbocycles. The molecular formula is C41H43NO3. The molecule has 1 aliphatic rings. The molecule has 230 valence electrons. The third kappa shape index (κ3) is 12.5. The Hall–Kier alpha value is -5.22. The number of hydrogen-bond acceptors (Lipinski definition) is 4. The largest absolute Gasteiger partial charge is 0.491 e. The lowest BCUT2D eigenvalue weighted by Crippen LogP contribution is -2.30. The summed E-state index contributed by atoms with van der Waals surface area (Å²) >= 11 is 0. The van der Waals surface area contributed by atoms with Gasteiger partial charge < -0.3 is 19.5 Å². The number of ether oxygens (including phenoxy) is 3. The van der Waals surface area contributed by atoms with E-state index >= 15 is 0 Å². The van der Waals surface area contributed by atoms with Crippen molar-refractivity contribution in [3.8, 4) is 23.0 Å². The van der Waals surface area contributed by atoms with Gasteiger partial charge in [0.15, 0.2) is 0 Å². The second kappa shape index (κ2) is 17.8. The van der Waals surface area contributed by atoms with Crippen LogP contribution < -0.4 is 19.5 Å². The Morgan fingerprint density at radius 3 is 1.62 bits per heavy atom. The molecule has 0 aromatic heterocycles. The zero-order valence-corrected chi connectivity index (χ0v) is 26.7. The van der Waals surface area contributed by atoms with E-state index in [0.29, 0.717) is 13.2 Å². The average molecular weight is 598 g/mol. The molecule has 0 bridgehead atoms. The summed E-state index contributed by atoms with van der Waals surface area (Å²) in [7, 11) is 0. The molecule has 1 heterocycles. The normalized spacial score (nSPS) is 12.8. The molecule has 1 N–H and O–H groups in total. The molecule has 0 saturated carbocycles. The predicted molar refractivity (Wildman–Crippen MR) is 186 cm³/mol. The van der Waals surface area contributed by atoms with Gasteiger partial charge >= 0.3 is 0 Å². The van der Waals surface area contributed by atoms with E-state index in [1.165, 1.54) is 27.8 Å². The van der Waals surface area contributed by atoms with E-state index in [1.54, 1.807) is 0 Å². The minimum Gasteiger partial charge on any atom is -0.491 e. The molecule has 0 radical (unpaired) electrons. The Labute approximate surface area is 268 Å². The van der Waals surface area contributed by atoms with Crippen LogP contribution >= 0.6 is 0 Å². The lowest BCUT2D eigenvalue weighted by molar-refractivity contribution is 0.294. The number of dihydropyridines is 1.